The minimum Gasteiger partial charge on any atom is -0.477 e. The Labute approximate surface area is 222 Å². The second-order valence-corrected chi connectivity index (χ2v) is 10.6. The molecule has 0 spiro atoms. The van der Waals surface area contributed by atoms with E-state index >= 15 is 0 Å². The monoisotopic (exact) mass is 505 g/mol. The number of carboxylic acid groups (broad SMARTS) is 1. The van der Waals surface area contributed by atoms with Crippen LogP contribution in [0.3, 0.4) is 0 Å². The Morgan fingerprint density at radius 3 is 2.39 bits per heavy atom. The molecule has 2 N–H and O–H groups in total. The van der Waals surface area contributed by atoms with Crippen molar-refractivity contribution in [1.82, 2.24) is 9.78 Å². The Balaban J connectivity index is 1.43. The number of nitrogens with zero attached hydrogens (tertiary/aromatic N) is 2. The Morgan fingerprint density at radius 2 is 1.71 bits per heavy atom. The van der Waals surface area contributed by atoms with Crippen LogP contribution >= 0.6 is 0 Å². The molecule has 0 saturated carbocycles. The van der Waals surface area contributed by atoms with Crippen LogP contribution < -0.4 is 10.5 Å². The fraction of sp³-hybridized carbons (Fsp3) is 0.219. The first-order valence-corrected chi connectivity index (χ1v) is 12.8. The molecule has 3 aromatic carbocycles. The van der Waals surface area contributed by atoms with Crippen molar-refractivity contribution >= 4 is 29.5 Å². The number of carbonyl (C=O) groups is 1. The summed E-state index contributed by atoms with van der Waals surface area (Å²) in [6.07, 6.45) is 5.26. The molecule has 1 aliphatic heterocycles. The topological polar surface area (TPSA) is 78.3 Å². The third kappa shape index (κ3) is 4.99. The highest BCUT2D eigenvalue weighted by Crippen LogP contribution is 2.35. The Morgan fingerprint density at radius 1 is 0.974 bits per heavy atom. The summed E-state index contributed by atoms with van der Waals surface area (Å²) in [6.45, 7) is 7.63. The van der Waals surface area contributed by atoms with Crippen molar-refractivity contribution in [2.45, 2.75) is 39.0 Å². The molecule has 0 atom stereocenters. The second kappa shape index (κ2) is 10.1. The van der Waals surface area contributed by atoms with Crippen molar-refractivity contribution in [1.29, 1.82) is 0 Å². The van der Waals surface area contributed by atoms with Crippen LogP contribution in [-0.2, 0) is 11.8 Å². The number of aromatic amines is 1. The molecule has 6 nitrogen and oxygen atoms in total. The molecule has 0 aliphatic carbocycles. The van der Waals surface area contributed by atoms with E-state index in [0.29, 0.717) is 5.69 Å². The zero-order chi connectivity index (χ0) is 26.9. The van der Waals surface area contributed by atoms with Crippen LogP contribution in [0.5, 0.6) is 0 Å². The third-order valence-electron chi connectivity index (χ3n) is 6.90. The van der Waals surface area contributed by atoms with Crippen molar-refractivity contribution < 1.29 is 9.90 Å². The summed E-state index contributed by atoms with van der Waals surface area (Å²) in [5.74, 6) is -1.20. The second-order valence-electron chi connectivity index (χ2n) is 10.6. The molecule has 0 amide bonds. The van der Waals surface area contributed by atoms with Gasteiger partial charge in [0.25, 0.3) is 5.56 Å². The summed E-state index contributed by atoms with van der Waals surface area (Å²) in [5, 5.41) is 12.3. The molecular formula is C32H31N3O3. The number of aromatic nitrogens is 2. The van der Waals surface area contributed by atoms with Crippen LogP contribution in [0.1, 0.15) is 59.9 Å². The maximum absolute atomic E-state index is 13.0. The van der Waals surface area contributed by atoms with Gasteiger partial charge in [-0.25, -0.2) is 9.48 Å². The van der Waals surface area contributed by atoms with Crippen LogP contribution in [0.4, 0.5) is 11.4 Å². The van der Waals surface area contributed by atoms with Crippen molar-refractivity contribution in [3.63, 3.8) is 0 Å². The molecule has 1 aromatic heterocycles. The van der Waals surface area contributed by atoms with Crippen LogP contribution in [0, 0.1) is 0 Å². The van der Waals surface area contributed by atoms with Crippen molar-refractivity contribution in [2.24, 2.45) is 0 Å². The van der Waals surface area contributed by atoms with Crippen molar-refractivity contribution in [2.75, 3.05) is 11.4 Å². The Bertz CT molecular complexity index is 1600. The number of benzene rings is 3. The Kier molecular flexibility index (Phi) is 6.66. The first kappa shape index (κ1) is 25.1. The number of nitrogens with one attached hydrogen (secondary N) is 1. The third-order valence-corrected chi connectivity index (χ3v) is 6.90. The van der Waals surface area contributed by atoms with Gasteiger partial charge in [0.15, 0.2) is 5.69 Å². The number of H-pyrrole nitrogens is 1. The molecule has 38 heavy (non-hydrogen) atoms. The zero-order valence-corrected chi connectivity index (χ0v) is 21.9. The minimum absolute atomic E-state index is 0.0560. The average molecular weight is 506 g/mol. The van der Waals surface area contributed by atoms with E-state index in [0.717, 1.165) is 24.9 Å². The number of carboxylic acids is 1. The van der Waals surface area contributed by atoms with Gasteiger partial charge in [-0.05, 0) is 83.5 Å². The van der Waals surface area contributed by atoms with Gasteiger partial charge in [-0.2, -0.15) is 0 Å². The van der Waals surface area contributed by atoms with Gasteiger partial charge in [0, 0.05) is 17.9 Å². The quantitative estimate of drug-likeness (QED) is 0.301. The summed E-state index contributed by atoms with van der Waals surface area (Å²) < 4.78 is 1.23. The predicted octanol–water partition coefficient (Wildman–Crippen LogP) is 6.57. The highest BCUT2D eigenvalue weighted by Gasteiger charge is 2.20. The van der Waals surface area contributed by atoms with E-state index in [1.165, 1.54) is 33.3 Å². The molecule has 0 fully saturated rings. The van der Waals surface area contributed by atoms with Gasteiger partial charge in [0.1, 0.15) is 0 Å². The molecule has 0 bridgehead atoms. The number of anilines is 2. The van der Waals surface area contributed by atoms with Gasteiger partial charge in [0.05, 0.1) is 11.3 Å². The summed E-state index contributed by atoms with van der Waals surface area (Å²) in [6, 6.07) is 24.0. The molecule has 6 heteroatoms. The molecule has 4 aromatic rings. The number of rotatable bonds is 5. The molecular weight excluding hydrogens is 474 g/mol. The summed E-state index contributed by atoms with van der Waals surface area (Å²) in [5.41, 5.74) is 9.06. The average Bonchev–Trinajstić information content (AvgIpc) is 3.24. The van der Waals surface area contributed by atoms with E-state index in [9.17, 15) is 14.7 Å². The number of aromatic carboxylic acids is 1. The Hall–Kier alpha value is -4.54. The molecule has 0 radical (unpaired) electrons. The van der Waals surface area contributed by atoms with Gasteiger partial charge in [0.2, 0.25) is 0 Å². The number of fused-ring (bicyclic) bond motifs is 1. The molecule has 0 saturated heterocycles. The molecule has 0 unspecified atom stereocenters. The van der Waals surface area contributed by atoms with E-state index in [2.05, 4.69) is 72.9 Å². The predicted molar refractivity (Wildman–Crippen MR) is 153 cm³/mol. The van der Waals surface area contributed by atoms with Gasteiger partial charge in [-0.1, -0.05) is 57.2 Å². The fourth-order valence-corrected chi connectivity index (χ4v) is 4.84. The van der Waals surface area contributed by atoms with E-state index in [1.807, 2.05) is 12.1 Å². The minimum atomic E-state index is -1.20. The van der Waals surface area contributed by atoms with Gasteiger partial charge >= 0.3 is 5.97 Å². The maximum atomic E-state index is 13.0. The highest BCUT2D eigenvalue weighted by molar-refractivity contribution is 5.90. The standard InChI is InChI=1S/C32H31N3O3/c1-32(2,3)24-15-17-25(18-16-24)34-20-8-10-23-21-22(14-19-28(23)34)9-7-13-27-29(31(37)38)33-35(30(27)36)26-11-5-4-6-12-26/h4-6,9,11-19,21,33H,8,10,20H2,1-3H3,(H,37,38). The smallest absolute Gasteiger partial charge is 0.354 e. The van der Waals surface area contributed by atoms with Crippen molar-refractivity contribution in [3.05, 3.63) is 117 Å². The highest BCUT2D eigenvalue weighted by atomic mass is 16.4. The lowest BCUT2D eigenvalue weighted by Gasteiger charge is -2.32. The molecule has 5 rings (SSSR count). The van der Waals surface area contributed by atoms with Crippen LogP contribution in [0.15, 0.2) is 83.3 Å². The SMILES string of the molecule is CC(C)(C)c1ccc(N2CCCc3cc(C=C=Cc4c(C(=O)O)[nH]n(-c5ccccc5)c4=O)ccc32)cc1. The van der Waals surface area contributed by atoms with Crippen LogP contribution in [0.2, 0.25) is 0 Å². The lowest BCUT2D eigenvalue weighted by Crippen LogP contribution is -2.24. The number of hydrogen-bond acceptors (Lipinski definition) is 3. The number of hydrogen-bond donors (Lipinski definition) is 2. The summed E-state index contributed by atoms with van der Waals surface area (Å²) >= 11 is 0. The molecule has 1 aliphatic rings. The van der Waals surface area contributed by atoms with Crippen molar-refractivity contribution in [3.8, 4) is 5.69 Å². The molecule has 2 heterocycles. The first-order valence-electron chi connectivity index (χ1n) is 12.8. The lowest BCUT2D eigenvalue weighted by molar-refractivity contribution is 0.0689. The first-order chi connectivity index (χ1) is 18.2. The molecule has 192 valence electrons. The summed E-state index contributed by atoms with van der Waals surface area (Å²) in [7, 11) is 0. The zero-order valence-electron chi connectivity index (χ0n) is 21.9. The number of para-hydroxylation sites is 1. The van der Waals surface area contributed by atoms with Gasteiger partial charge in [-0.3, -0.25) is 9.89 Å². The van der Waals surface area contributed by atoms with Gasteiger partial charge < -0.3 is 10.0 Å². The van der Waals surface area contributed by atoms with E-state index in [4.69, 9.17) is 0 Å². The lowest BCUT2D eigenvalue weighted by atomic mass is 9.87. The summed E-state index contributed by atoms with van der Waals surface area (Å²) in [4.78, 5) is 27.1. The fourth-order valence-electron chi connectivity index (χ4n) is 4.84. The number of aryl methyl sites for hydroxylation is 1. The van der Waals surface area contributed by atoms with E-state index in [-0.39, 0.29) is 16.7 Å². The largest absolute Gasteiger partial charge is 0.477 e. The van der Waals surface area contributed by atoms with Crippen LogP contribution in [0.25, 0.3) is 17.8 Å². The van der Waals surface area contributed by atoms with E-state index < -0.39 is 11.5 Å². The normalized spacial score (nSPS) is 13.0. The van der Waals surface area contributed by atoms with Crippen LogP contribution in [-0.4, -0.2) is 27.4 Å². The maximum Gasteiger partial charge on any atom is 0.354 e. The van der Waals surface area contributed by atoms with Gasteiger partial charge in [-0.15, -0.1) is 5.73 Å². The van der Waals surface area contributed by atoms with E-state index in [1.54, 1.807) is 30.3 Å².